The molecule has 1 aliphatic heterocycles. The molecule has 1 aliphatic carbocycles. The molecule has 34 heavy (non-hydrogen) atoms. The van der Waals surface area contributed by atoms with Crippen LogP contribution >= 0.6 is 0 Å². The van der Waals surface area contributed by atoms with Crippen LogP contribution in [0.15, 0.2) is 70.6 Å². The van der Waals surface area contributed by atoms with Gasteiger partial charge in [0.2, 0.25) is 0 Å². The molecule has 4 rings (SSSR count). The summed E-state index contributed by atoms with van der Waals surface area (Å²) < 4.78 is 50.6. The molecule has 2 aliphatic rings. The van der Waals surface area contributed by atoms with E-state index in [1.54, 1.807) is 37.6 Å². The standard InChI is InChI=1S/C26H33NO6S/c1-26(2)32-17-23(33-26)25(27-16-19-10-6-4-7-11-19)24(15-20-14-22(20)31-18-30-3)34(28,29)21-12-8-5-9-13-21/h4-13,16,20,22-25H,14-15,17-18H2,1-3H3/t20-,22+,23+,24+,25-/m0/s1. The van der Waals surface area contributed by atoms with Crippen LogP contribution in [0.3, 0.4) is 0 Å². The molecule has 0 aromatic heterocycles. The van der Waals surface area contributed by atoms with Crippen molar-refractivity contribution in [1.29, 1.82) is 0 Å². The molecule has 0 unspecified atom stereocenters. The first-order valence-corrected chi connectivity index (χ1v) is 13.1. The molecule has 8 heteroatoms. The summed E-state index contributed by atoms with van der Waals surface area (Å²) in [6.45, 7) is 4.14. The van der Waals surface area contributed by atoms with Crippen molar-refractivity contribution in [2.75, 3.05) is 20.5 Å². The number of benzene rings is 2. The Labute approximate surface area is 202 Å². The van der Waals surface area contributed by atoms with E-state index in [1.165, 1.54) is 0 Å². The van der Waals surface area contributed by atoms with Gasteiger partial charge in [0.1, 0.15) is 12.9 Å². The Morgan fingerprint density at radius 1 is 1.12 bits per heavy atom. The molecule has 0 N–H and O–H groups in total. The highest BCUT2D eigenvalue weighted by molar-refractivity contribution is 7.92. The number of hydrogen-bond acceptors (Lipinski definition) is 7. The lowest BCUT2D eigenvalue weighted by Gasteiger charge is -2.29. The third-order valence-electron chi connectivity index (χ3n) is 6.25. The number of hydrogen-bond donors (Lipinski definition) is 0. The first-order valence-electron chi connectivity index (χ1n) is 11.6. The van der Waals surface area contributed by atoms with Crippen molar-refractivity contribution in [1.82, 2.24) is 0 Å². The van der Waals surface area contributed by atoms with Crippen LogP contribution in [0, 0.1) is 5.92 Å². The van der Waals surface area contributed by atoms with E-state index in [9.17, 15) is 8.42 Å². The summed E-state index contributed by atoms with van der Waals surface area (Å²) in [7, 11) is -2.14. The van der Waals surface area contributed by atoms with Gasteiger partial charge in [0.25, 0.3) is 0 Å². The minimum absolute atomic E-state index is 0.00985. The van der Waals surface area contributed by atoms with Gasteiger partial charge in [-0.05, 0) is 50.3 Å². The second kappa shape index (κ2) is 10.7. The molecule has 2 aromatic carbocycles. The zero-order chi connectivity index (χ0) is 24.2. The van der Waals surface area contributed by atoms with E-state index in [1.807, 2.05) is 50.2 Å². The third-order valence-corrected chi connectivity index (χ3v) is 8.45. The molecule has 1 saturated heterocycles. The fraction of sp³-hybridized carbons (Fsp3) is 0.500. The van der Waals surface area contributed by atoms with Gasteiger partial charge in [-0.1, -0.05) is 48.5 Å². The molecule has 1 saturated carbocycles. The van der Waals surface area contributed by atoms with E-state index in [0.717, 1.165) is 12.0 Å². The van der Waals surface area contributed by atoms with Crippen molar-refractivity contribution in [2.24, 2.45) is 10.9 Å². The number of aliphatic imine (C=N–C) groups is 1. The number of rotatable bonds is 11. The van der Waals surface area contributed by atoms with E-state index < -0.39 is 33.0 Å². The van der Waals surface area contributed by atoms with Gasteiger partial charge < -0.3 is 18.9 Å². The molecule has 5 atom stereocenters. The van der Waals surface area contributed by atoms with Gasteiger partial charge in [0.15, 0.2) is 15.6 Å². The van der Waals surface area contributed by atoms with Crippen molar-refractivity contribution in [3.8, 4) is 0 Å². The van der Waals surface area contributed by atoms with Gasteiger partial charge in [0.05, 0.1) is 28.9 Å². The van der Waals surface area contributed by atoms with Crippen molar-refractivity contribution >= 4 is 16.1 Å². The van der Waals surface area contributed by atoms with Crippen LogP contribution in [0.1, 0.15) is 32.3 Å². The summed E-state index contributed by atoms with van der Waals surface area (Å²) in [5.41, 5.74) is 0.897. The minimum atomic E-state index is -3.71. The number of methoxy groups -OCH3 is 1. The first-order chi connectivity index (χ1) is 16.3. The molecule has 2 aromatic rings. The van der Waals surface area contributed by atoms with Crippen LogP contribution in [0.5, 0.6) is 0 Å². The normalized spacial score (nSPS) is 25.9. The van der Waals surface area contributed by atoms with Crippen LogP contribution in [0.2, 0.25) is 0 Å². The Kier molecular flexibility index (Phi) is 7.84. The average Bonchev–Trinajstić information content (AvgIpc) is 3.49. The monoisotopic (exact) mass is 487 g/mol. The van der Waals surface area contributed by atoms with E-state index in [0.29, 0.717) is 6.42 Å². The number of sulfone groups is 1. The highest BCUT2D eigenvalue weighted by Gasteiger charge is 2.49. The van der Waals surface area contributed by atoms with Crippen LogP contribution in [0.4, 0.5) is 0 Å². The van der Waals surface area contributed by atoms with E-state index in [-0.39, 0.29) is 30.3 Å². The van der Waals surface area contributed by atoms with Crippen molar-refractivity contribution in [2.45, 2.75) is 60.9 Å². The van der Waals surface area contributed by atoms with Gasteiger partial charge in [-0.25, -0.2) is 8.42 Å². The topological polar surface area (TPSA) is 83.4 Å². The molecule has 0 amide bonds. The maximum atomic E-state index is 14.0. The van der Waals surface area contributed by atoms with Gasteiger partial charge in [0, 0.05) is 13.3 Å². The maximum absolute atomic E-state index is 14.0. The zero-order valence-electron chi connectivity index (χ0n) is 19.9. The van der Waals surface area contributed by atoms with Gasteiger partial charge in [-0.15, -0.1) is 0 Å². The summed E-state index contributed by atoms with van der Waals surface area (Å²) >= 11 is 0. The molecule has 0 bridgehead atoms. The molecular weight excluding hydrogens is 454 g/mol. The largest absolute Gasteiger partial charge is 0.359 e. The minimum Gasteiger partial charge on any atom is -0.359 e. The molecular formula is C26H33NO6S. The highest BCUT2D eigenvalue weighted by Crippen LogP contribution is 2.42. The van der Waals surface area contributed by atoms with Crippen molar-refractivity contribution < 1.29 is 27.4 Å². The summed E-state index contributed by atoms with van der Waals surface area (Å²) in [6.07, 6.45) is 2.45. The van der Waals surface area contributed by atoms with Crippen molar-refractivity contribution in [3.63, 3.8) is 0 Å². The van der Waals surface area contributed by atoms with Crippen LogP contribution < -0.4 is 0 Å². The average molecular weight is 488 g/mol. The van der Waals surface area contributed by atoms with E-state index >= 15 is 0 Å². The molecule has 184 valence electrons. The molecule has 0 radical (unpaired) electrons. The van der Waals surface area contributed by atoms with Crippen LogP contribution in [0.25, 0.3) is 0 Å². The number of ether oxygens (including phenoxy) is 4. The molecule has 0 spiro atoms. The SMILES string of the molecule is COCO[C@@H]1C[C@H]1C[C@H]([C@@H](N=Cc1ccccc1)[C@H]1COC(C)(C)O1)S(=O)(=O)c1ccccc1. The Hall–Kier alpha value is -2.10. The van der Waals surface area contributed by atoms with E-state index in [4.69, 9.17) is 23.9 Å². The molecule has 1 heterocycles. The van der Waals surface area contributed by atoms with Crippen LogP contribution in [-0.2, 0) is 28.8 Å². The summed E-state index contributed by atoms with van der Waals surface area (Å²) in [5.74, 6) is -0.681. The second-order valence-electron chi connectivity index (χ2n) is 9.29. The first kappa shape index (κ1) is 25.0. The summed E-state index contributed by atoms with van der Waals surface area (Å²) in [5, 5.41) is -0.793. The number of nitrogens with zero attached hydrogens (tertiary/aromatic N) is 1. The van der Waals surface area contributed by atoms with Gasteiger partial charge in [-0.2, -0.15) is 0 Å². The zero-order valence-corrected chi connectivity index (χ0v) is 20.7. The Balaban J connectivity index is 1.68. The molecule has 2 fully saturated rings. The van der Waals surface area contributed by atoms with E-state index in [2.05, 4.69) is 0 Å². The fourth-order valence-corrected chi connectivity index (χ4v) is 6.39. The lowest BCUT2D eigenvalue weighted by atomic mass is 10.0. The van der Waals surface area contributed by atoms with Gasteiger partial charge >= 0.3 is 0 Å². The lowest BCUT2D eigenvalue weighted by molar-refractivity contribution is -0.140. The second-order valence-corrected chi connectivity index (χ2v) is 11.5. The Bertz CT molecular complexity index is 1060. The van der Waals surface area contributed by atoms with Gasteiger partial charge in [-0.3, -0.25) is 4.99 Å². The van der Waals surface area contributed by atoms with Crippen molar-refractivity contribution in [3.05, 3.63) is 66.2 Å². The maximum Gasteiger partial charge on any atom is 0.183 e. The third kappa shape index (κ3) is 6.12. The summed E-state index contributed by atoms with van der Waals surface area (Å²) in [4.78, 5) is 5.11. The smallest absolute Gasteiger partial charge is 0.183 e. The highest BCUT2D eigenvalue weighted by atomic mass is 32.2. The predicted molar refractivity (Wildman–Crippen MR) is 130 cm³/mol. The quantitative estimate of drug-likeness (QED) is 0.354. The molecule has 7 nitrogen and oxygen atoms in total. The Morgan fingerprint density at radius 3 is 2.41 bits per heavy atom. The van der Waals surface area contributed by atoms with Crippen LogP contribution in [-0.4, -0.2) is 64.4 Å². The summed E-state index contributed by atoms with van der Waals surface area (Å²) in [6, 6.07) is 17.6. The fourth-order valence-electron chi connectivity index (χ4n) is 4.39. The predicted octanol–water partition coefficient (Wildman–Crippen LogP) is 3.87. The Morgan fingerprint density at radius 2 is 1.79 bits per heavy atom. The lowest BCUT2D eigenvalue weighted by Crippen LogP contribution is -2.43.